The zero-order chi connectivity index (χ0) is 13.5. The summed E-state index contributed by atoms with van der Waals surface area (Å²) in [7, 11) is 0. The van der Waals surface area contributed by atoms with Crippen LogP contribution in [0.4, 0.5) is 5.82 Å². The van der Waals surface area contributed by atoms with Crippen molar-refractivity contribution in [3.05, 3.63) is 23.9 Å². The van der Waals surface area contributed by atoms with Crippen LogP contribution in [0.5, 0.6) is 0 Å². The van der Waals surface area contributed by atoms with E-state index in [2.05, 4.69) is 10.3 Å². The number of carboxylic acids is 2. The molecule has 0 bridgehead atoms. The van der Waals surface area contributed by atoms with Gasteiger partial charge in [-0.3, -0.25) is 0 Å². The fourth-order valence-electron chi connectivity index (χ4n) is 1.48. The summed E-state index contributed by atoms with van der Waals surface area (Å²) in [5, 5.41) is 20.6. The quantitative estimate of drug-likeness (QED) is 0.684. The third kappa shape index (κ3) is 4.04. The van der Waals surface area contributed by atoms with Gasteiger partial charge >= 0.3 is 11.9 Å². The van der Waals surface area contributed by atoms with E-state index in [9.17, 15) is 9.59 Å². The maximum absolute atomic E-state index is 11.0. The van der Waals surface area contributed by atoms with Gasteiger partial charge in [0.1, 0.15) is 11.9 Å². The molecule has 0 amide bonds. The second kappa shape index (κ2) is 6.58. The highest BCUT2D eigenvalue weighted by atomic mass is 16.4. The van der Waals surface area contributed by atoms with Crippen molar-refractivity contribution in [3.8, 4) is 0 Å². The molecule has 0 unspecified atom stereocenters. The first-order chi connectivity index (χ1) is 8.54. The van der Waals surface area contributed by atoms with Crippen molar-refractivity contribution in [1.82, 2.24) is 4.98 Å². The number of aliphatic carboxylic acids is 1. The molecule has 0 aliphatic rings. The van der Waals surface area contributed by atoms with Crippen molar-refractivity contribution in [2.45, 2.75) is 32.2 Å². The molecule has 6 heteroatoms. The first-order valence-corrected chi connectivity index (χ1v) is 5.74. The topological polar surface area (TPSA) is 99.5 Å². The molecule has 0 radical (unpaired) electrons. The Morgan fingerprint density at radius 3 is 2.67 bits per heavy atom. The molecule has 0 aromatic carbocycles. The van der Waals surface area contributed by atoms with Crippen molar-refractivity contribution in [2.24, 2.45) is 0 Å². The molecular weight excluding hydrogens is 236 g/mol. The van der Waals surface area contributed by atoms with Crippen molar-refractivity contribution in [2.75, 3.05) is 5.32 Å². The van der Waals surface area contributed by atoms with Gasteiger partial charge in [0.15, 0.2) is 5.69 Å². The third-order valence-corrected chi connectivity index (χ3v) is 2.43. The Balaban J connectivity index is 2.77. The molecule has 0 saturated carbocycles. The molecular formula is C12H16N2O4. The van der Waals surface area contributed by atoms with E-state index in [1.165, 1.54) is 12.1 Å². The monoisotopic (exact) mass is 252 g/mol. The Kier molecular flexibility index (Phi) is 5.10. The molecule has 3 N–H and O–H groups in total. The summed E-state index contributed by atoms with van der Waals surface area (Å²) in [5.41, 5.74) is -0.111. The number of aromatic nitrogens is 1. The molecule has 18 heavy (non-hydrogen) atoms. The Hall–Kier alpha value is -2.11. The smallest absolute Gasteiger partial charge is 0.354 e. The summed E-state index contributed by atoms with van der Waals surface area (Å²) in [6.45, 7) is 1.97. The van der Waals surface area contributed by atoms with Crippen LogP contribution in [0.2, 0.25) is 0 Å². The van der Waals surface area contributed by atoms with Crippen LogP contribution < -0.4 is 5.32 Å². The molecule has 1 rings (SSSR count). The fourth-order valence-corrected chi connectivity index (χ4v) is 1.48. The van der Waals surface area contributed by atoms with Gasteiger partial charge in [-0.05, 0) is 18.6 Å². The van der Waals surface area contributed by atoms with Crippen LogP contribution in [-0.2, 0) is 4.79 Å². The van der Waals surface area contributed by atoms with E-state index in [0.717, 1.165) is 12.8 Å². The highest BCUT2D eigenvalue weighted by Gasteiger charge is 2.17. The zero-order valence-corrected chi connectivity index (χ0v) is 10.1. The van der Waals surface area contributed by atoms with Gasteiger partial charge < -0.3 is 15.5 Å². The number of carbonyl (C=O) groups is 2. The summed E-state index contributed by atoms with van der Waals surface area (Å²) in [4.78, 5) is 25.6. The number of nitrogens with one attached hydrogen (secondary N) is 1. The Labute approximate surface area is 105 Å². The minimum Gasteiger partial charge on any atom is -0.480 e. The molecule has 0 fully saturated rings. The number of carboxylic acid groups (broad SMARTS) is 2. The Morgan fingerprint density at radius 1 is 1.39 bits per heavy atom. The zero-order valence-electron chi connectivity index (χ0n) is 10.1. The summed E-state index contributed by atoms with van der Waals surface area (Å²) >= 11 is 0. The second-order valence-electron chi connectivity index (χ2n) is 3.89. The number of anilines is 1. The Bertz CT molecular complexity index is 434. The lowest BCUT2D eigenvalue weighted by Gasteiger charge is -2.14. The Morgan fingerprint density at radius 2 is 2.11 bits per heavy atom. The highest BCUT2D eigenvalue weighted by Crippen LogP contribution is 2.10. The molecule has 0 aliphatic carbocycles. The number of hydrogen-bond acceptors (Lipinski definition) is 4. The minimum atomic E-state index is -1.14. The molecule has 0 aliphatic heterocycles. The van der Waals surface area contributed by atoms with E-state index in [1.54, 1.807) is 6.07 Å². The molecule has 98 valence electrons. The van der Waals surface area contributed by atoms with Gasteiger partial charge in [-0.2, -0.15) is 0 Å². The number of aromatic carboxylic acids is 1. The maximum Gasteiger partial charge on any atom is 0.354 e. The van der Waals surface area contributed by atoms with E-state index >= 15 is 0 Å². The number of unbranched alkanes of at least 4 members (excludes halogenated alkanes) is 1. The first-order valence-electron chi connectivity index (χ1n) is 5.74. The van der Waals surface area contributed by atoms with Crippen LogP contribution in [-0.4, -0.2) is 33.2 Å². The van der Waals surface area contributed by atoms with Gasteiger partial charge in [0, 0.05) is 0 Å². The largest absolute Gasteiger partial charge is 0.480 e. The van der Waals surface area contributed by atoms with Gasteiger partial charge in [0.05, 0.1) is 0 Å². The fraction of sp³-hybridized carbons (Fsp3) is 0.417. The van der Waals surface area contributed by atoms with E-state index in [1.807, 2.05) is 6.92 Å². The summed E-state index contributed by atoms with van der Waals surface area (Å²) in [5.74, 6) is -1.84. The van der Waals surface area contributed by atoms with Crippen LogP contribution >= 0.6 is 0 Å². The van der Waals surface area contributed by atoms with Crippen molar-refractivity contribution in [1.29, 1.82) is 0 Å². The van der Waals surface area contributed by atoms with Gasteiger partial charge in [-0.25, -0.2) is 14.6 Å². The average Bonchev–Trinajstić information content (AvgIpc) is 2.34. The van der Waals surface area contributed by atoms with E-state index in [-0.39, 0.29) is 11.5 Å². The van der Waals surface area contributed by atoms with Gasteiger partial charge in [0.2, 0.25) is 0 Å². The maximum atomic E-state index is 11.0. The van der Waals surface area contributed by atoms with Crippen molar-refractivity contribution < 1.29 is 19.8 Å². The standard InChI is InChI=1S/C12H16N2O4/c1-2-3-5-8(11(15)16)13-10-7-4-6-9(14-10)12(17)18/h4,6-8H,2-3,5H2,1H3,(H,13,14)(H,15,16)(H,17,18)/t8-/m0/s1. The number of nitrogens with zero attached hydrogens (tertiary/aromatic N) is 1. The predicted molar refractivity (Wildman–Crippen MR) is 65.8 cm³/mol. The summed E-state index contributed by atoms with van der Waals surface area (Å²) < 4.78 is 0. The number of rotatable bonds is 7. The highest BCUT2D eigenvalue weighted by molar-refractivity contribution is 5.86. The predicted octanol–water partition coefficient (Wildman–Crippen LogP) is 1.84. The SMILES string of the molecule is CCCC[C@H](Nc1cccc(C(=O)O)n1)C(=O)O. The lowest BCUT2D eigenvalue weighted by atomic mass is 10.1. The van der Waals surface area contributed by atoms with Gasteiger partial charge in [-0.15, -0.1) is 0 Å². The third-order valence-electron chi connectivity index (χ3n) is 2.43. The lowest BCUT2D eigenvalue weighted by molar-refractivity contribution is -0.138. The van der Waals surface area contributed by atoms with Crippen LogP contribution in [0, 0.1) is 0 Å². The second-order valence-corrected chi connectivity index (χ2v) is 3.89. The van der Waals surface area contributed by atoms with Crippen molar-refractivity contribution in [3.63, 3.8) is 0 Å². The summed E-state index contributed by atoms with van der Waals surface area (Å²) in [6, 6.07) is 3.68. The normalized spacial score (nSPS) is 11.8. The number of hydrogen-bond donors (Lipinski definition) is 3. The van der Waals surface area contributed by atoms with Crippen LogP contribution in [0.1, 0.15) is 36.7 Å². The molecule has 1 heterocycles. The molecule has 1 aromatic heterocycles. The molecule has 1 atom stereocenters. The molecule has 0 saturated heterocycles. The average molecular weight is 252 g/mol. The van der Waals surface area contributed by atoms with Crippen LogP contribution in [0.25, 0.3) is 0 Å². The molecule has 6 nitrogen and oxygen atoms in total. The van der Waals surface area contributed by atoms with E-state index in [0.29, 0.717) is 6.42 Å². The van der Waals surface area contributed by atoms with E-state index in [4.69, 9.17) is 10.2 Å². The number of pyridine rings is 1. The summed E-state index contributed by atoms with van der Waals surface area (Å²) in [6.07, 6.45) is 2.15. The van der Waals surface area contributed by atoms with Crippen LogP contribution in [0.3, 0.4) is 0 Å². The van der Waals surface area contributed by atoms with Crippen molar-refractivity contribution >= 4 is 17.8 Å². The lowest BCUT2D eigenvalue weighted by Crippen LogP contribution is -2.29. The molecule has 1 aromatic rings. The van der Waals surface area contributed by atoms with Crippen LogP contribution in [0.15, 0.2) is 18.2 Å². The van der Waals surface area contributed by atoms with E-state index < -0.39 is 18.0 Å². The minimum absolute atomic E-state index is 0.111. The van der Waals surface area contributed by atoms with Gasteiger partial charge in [-0.1, -0.05) is 25.8 Å². The van der Waals surface area contributed by atoms with Gasteiger partial charge in [0.25, 0.3) is 0 Å². The first kappa shape index (κ1) is 14.0. The molecule has 0 spiro atoms.